The fraction of sp³-hybridized carbons (Fsp3) is 0.438. The number of aromatic nitrogens is 4. The third-order valence-corrected chi connectivity index (χ3v) is 4.66. The maximum absolute atomic E-state index is 12.3. The molecule has 0 radical (unpaired) electrons. The first-order valence-electron chi connectivity index (χ1n) is 7.44. The van der Waals surface area contributed by atoms with Gasteiger partial charge in [-0.25, -0.2) is 4.98 Å². The lowest BCUT2D eigenvalue weighted by molar-refractivity contribution is 0.372. The Balaban J connectivity index is 1.71. The summed E-state index contributed by atoms with van der Waals surface area (Å²) in [6.45, 7) is 8.05. The first-order chi connectivity index (χ1) is 10.8. The molecule has 0 saturated carbocycles. The van der Waals surface area contributed by atoms with Crippen molar-refractivity contribution in [1.29, 1.82) is 0 Å². The monoisotopic (exact) mass is 332 g/mol. The van der Waals surface area contributed by atoms with Gasteiger partial charge in [-0.05, 0) is 19.1 Å². The van der Waals surface area contributed by atoms with Crippen molar-refractivity contribution in [3.63, 3.8) is 0 Å². The van der Waals surface area contributed by atoms with Crippen molar-refractivity contribution >= 4 is 16.4 Å². The number of rotatable bonds is 4. The zero-order valence-corrected chi connectivity index (χ0v) is 14.6. The highest BCUT2D eigenvalue weighted by Crippen LogP contribution is 2.19. The SMILES string of the molecule is Cc1cccc2nc(CS(=O)Cc3nc(C(C)(C)C)no3)cn12. The van der Waals surface area contributed by atoms with Crippen LogP contribution in [0.15, 0.2) is 28.9 Å². The standard InChI is InChI=1S/C16H20N4O2S/c1-11-6-5-7-13-17-12(8-20(11)13)9-23(21)10-14-18-15(19-22-14)16(2,3)4/h5-8H,9-10H2,1-4H3. The molecule has 122 valence electrons. The van der Waals surface area contributed by atoms with Gasteiger partial charge in [0.15, 0.2) is 5.82 Å². The molecule has 0 bridgehead atoms. The van der Waals surface area contributed by atoms with E-state index in [1.807, 2.05) is 56.5 Å². The number of aryl methyl sites for hydroxylation is 1. The lowest BCUT2D eigenvalue weighted by Gasteiger charge is -2.10. The van der Waals surface area contributed by atoms with Gasteiger partial charge < -0.3 is 8.92 Å². The fourth-order valence-electron chi connectivity index (χ4n) is 2.24. The van der Waals surface area contributed by atoms with Gasteiger partial charge in [0.1, 0.15) is 11.4 Å². The zero-order valence-electron chi connectivity index (χ0n) is 13.7. The van der Waals surface area contributed by atoms with E-state index >= 15 is 0 Å². The number of nitrogens with zero attached hydrogens (tertiary/aromatic N) is 4. The van der Waals surface area contributed by atoms with E-state index in [0.717, 1.165) is 17.0 Å². The summed E-state index contributed by atoms with van der Waals surface area (Å²) in [4.78, 5) is 8.83. The second kappa shape index (κ2) is 5.88. The molecule has 7 heteroatoms. The lowest BCUT2D eigenvalue weighted by Crippen LogP contribution is -2.13. The first kappa shape index (κ1) is 15.9. The van der Waals surface area contributed by atoms with Gasteiger partial charge in [-0.3, -0.25) is 4.21 Å². The van der Waals surface area contributed by atoms with Crippen LogP contribution in [0, 0.1) is 6.92 Å². The Bertz CT molecular complexity index is 860. The van der Waals surface area contributed by atoms with E-state index in [1.54, 1.807) is 0 Å². The summed E-state index contributed by atoms with van der Waals surface area (Å²) in [6, 6.07) is 5.92. The van der Waals surface area contributed by atoms with Gasteiger partial charge in [-0.2, -0.15) is 4.98 Å². The molecule has 3 heterocycles. The molecular formula is C16H20N4O2S. The number of pyridine rings is 1. The second-order valence-corrected chi connectivity index (χ2v) is 8.07. The molecule has 3 rings (SSSR count). The molecule has 0 fully saturated rings. The normalized spacial score (nSPS) is 13.6. The van der Waals surface area contributed by atoms with E-state index in [4.69, 9.17) is 4.52 Å². The Morgan fingerprint density at radius 2 is 2.00 bits per heavy atom. The van der Waals surface area contributed by atoms with Crippen molar-refractivity contribution in [2.24, 2.45) is 0 Å². The van der Waals surface area contributed by atoms with Gasteiger partial charge in [0.2, 0.25) is 5.89 Å². The van der Waals surface area contributed by atoms with Crippen molar-refractivity contribution in [3.8, 4) is 0 Å². The maximum Gasteiger partial charge on any atom is 0.239 e. The molecule has 6 nitrogen and oxygen atoms in total. The maximum atomic E-state index is 12.3. The number of hydrogen-bond acceptors (Lipinski definition) is 5. The van der Waals surface area contributed by atoms with Gasteiger partial charge in [0.25, 0.3) is 0 Å². The van der Waals surface area contributed by atoms with Crippen LogP contribution in [-0.4, -0.2) is 23.7 Å². The Morgan fingerprint density at radius 3 is 2.65 bits per heavy atom. The Morgan fingerprint density at radius 1 is 1.22 bits per heavy atom. The predicted octanol–water partition coefficient (Wildman–Crippen LogP) is 2.77. The Hall–Kier alpha value is -2.02. The molecular weight excluding hydrogens is 312 g/mol. The van der Waals surface area contributed by atoms with Crippen molar-refractivity contribution in [1.82, 2.24) is 19.5 Å². The highest BCUT2D eigenvalue weighted by Gasteiger charge is 2.21. The highest BCUT2D eigenvalue weighted by atomic mass is 32.2. The molecule has 0 aliphatic heterocycles. The molecule has 0 amide bonds. The molecule has 1 atom stereocenters. The molecule has 3 aromatic rings. The number of imidazole rings is 1. The minimum Gasteiger partial charge on any atom is -0.338 e. The molecule has 1 unspecified atom stereocenters. The second-order valence-electron chi connectivity index (χ2n) is 6.62. The minimum absolute atomic E-state index is 0.178. The van der Waals surface area contributed by atoms with Crippen LogP contribution in [0.2, 0.25) is 0 Å². The number of hydrogen-bond donors (Lipinski definition) is 0. The van der Waals surface area contributed by atoms with Gasteiger partial charge in [0.05, 0.1) is 11.4 Å². The van der Waals surface area contributed by atoms with Crippen LogP contribution in [0.1, 0.15) is 43.9 Å². The van der Waals surface area contributed by atoms with Crippen LogP contribution in [-0.2, 0) is 27.7 Å². The molecule has 0 aromatic carbocycles. The van der Waals surface area contributed by atoms with E-state index in [1.165, 1.54) is 0 Å². The average Bonchev–Trinajstić information content (AvgIpc) is 3.05. The van der Waals surface area contributed by atoms with E-state index in [2.05, 4.69) is 15.1 Å². The predicted molar refractivity (Wildman–Crippen MR) is 88.5 cm³/mol. The van der Waals surface area contributed by atoms with Crippen LogP contribution in [0.3, 0.4) is 0 Å². The van der Waals surface area contributed by atoms with Crippen LogP contribution in [0.4, 0.5) is 0 Å². The molecule has 23 heavy (non-hydrogen) atoms. The third kappa shape index (κ3) is 3.50. The topological polar surface area (TPSA) is 73.3 Å². The molecule has 0 saturated heterocycles. The van der Waals surface area contributed by atoms with Crippen molar-refractivity contribution in [2.45, 2.75) is 44.6 Å². The molecule has 0 spiro atoms. The van der Waals surface area contributed by atoms with E-state index in [0.29, 0.717) is 17.5 Å². The lowest BCUT2D eigenvalue weighted by atomic mass is 9.96. The molecule has 3 aromatic heterocycles. The smallest absolute Gasteiger partial charge is 0.239 e. The summed E-state index contributed by atoms with van der Waals surface area (Å²) >= 11 is 0. The quantitative estimate of drug-likeness (QED) is 0.734. The summed E-state index contributed by atoms with van der Waals surface area (Å²) in [5.41, 5.74) is 2.58. The Kier molecular flexibility index (Phi) is 4.06. The van der Waals surface area contributed by atoms with Gasteiger partial charge in [-0.1, -0.05) is 32.0 Å². The molecule has 0 aliphatic carbocycles. The molecule has 0 aliphatic rings. The summed E-state index contributed by atoms with van der Waals surface area (Å²) in [5, 5.41) is 3.95. The summed E-state index contributed by atoms with van der Waals surface area (Å²) in [6.07, 6.45) is 1.93. The average molecular weight is 332 g/mol. The highest BCUT2D eigenvalue weighted by molar-refractivity contribution is 7.83. The van der Waals surface area contributed by atoms with Crippen molar-refractivity contribution in [2.75, 3.05) is 0 Å². The number of fused-ring (bicyclic) bond motifs is 1. The molecule has 0 N–H and O–H groups in total. The van der Waals surface area contributed by atoms with Gasteiger partial charge in [0, 0.05) is 28.1 Å². The van der Waals surface area contributed by atoms with Gasteiger partial charge >= 0.3 is 0 Å². The fourth-order valence-corrected chi connectivity index (χ4v) is 3.20. The van der Waals surface area contributed by atoms with Crippen LogP contribution < -0.4 is 0 Å². The van der Waals surface area contributed by atoms with Crippen molar-refractivity contribution < 1.29 is 8.73 Å². The van der Waals surface area contributed by atoms with Gasteiger partial charge in [-0.15, -0.1) is 0 Å². The van der Waals surface area contributed by atoms with E-state index in [9.17, 15) is 4.21 Å². The van der Waals surface area contributed by atoms with Crippen LogP contribution >= 0.6 is 0 Å². The van der Waals surface area contributed by atoms with Crippen LogP contribution in [0.25, 0.3) is 5.65 Å². The van der Waals surface area contributed by atoms with E-state index in [-0.39, 0.29) is 11.2 Å². The Labute approximate surface area is 137 Å². The van der Waals surface area contributed by atoms with Crippen LogP contribution in [0.5, 0.6) is 0 Å². The minimum atomic E-state index is -1.14. The summed E-state index contributed by atoms with van der Waals surface area (Å²) in [7, 11) is -1.14. The third-order valence-electron chi connectivity index (χ3n) is 3.48. The largest absolute Gasteiger partial charge is 0.338 e. The van der Waals surface area contributed by atoms with E-state index < -0.39 is 10.8 Å². The zero-order chi connectivity index (χ0) is 16.6. The summed E-state index contributed by atoms with van der Waals surface area (Å²) < 4.78 is 19.5. The summed E-state index contributed by atoms with van der Waals surface area (Å²) in [5.74, 6) is 1.66. The van der Waals surface area contributed by atoms with Crippen molar-refractivity contribution in [3.05, 3.63) is 47.5 Å². The first-order valence-corrected chi connectivity index (χ1v) is 8.93.